The quantitative estimate of drug-likeness (QED) is 0.554. The number of nitrogens with one attached hydrogen (secondary N) is 2. The second-order valence-electron chi connectivity index (χ2n) is 7.23. The van der Waals surface area contributed by atoms with E-state index in [1.807, 2.05) is 6.07 Å². The largest absolute Gasteiger partial charge is 0.465 e. The first-order chi connectivity index (χ1) is 15.5. The van der Waals surface area contributed by atoms with Gasteiger partial charge >= 0.3 is 6.09 Å². The first-order valence-electron chi connectivity index (χ1n) is 10.0. The molecule has 0 bridgehead atoms. The SMILES string of the molecule is Cn1nccc1CNC(=O)OC1CCc2c(sc(NC(=O)C=Cc3ccco3)c2C#N)C1. The van der Waals surface area contributed by atoms with Gasteiger partial charge in [0, 0.05) is 30.6 Å². The first kappa shape index (κ1) is 21.4. The number of furan rings is 1. The number of rotatable bonds is 6. The number of ether oxygens (including phenoxy) is 1. The molecule has 9 nitrogen and oxygen atoms in total. The van der Waals surface area contributed by atoms with E-state index >= 15 is 0 Å². The van der Waals surface area contributed by atoms with Gasteiger partial charge in [0.2, 0.25) is 5.91 Å². The molecule has 3 heterocycles. The van der Waals surface area contributed by atoms with Crippen LogP contribution < -0.4 is 10.6 Å². The van der Waals surface area contributed by atoms with Crippen molar-refractivity contribution < 1.29 is 18.7 Å². The molecule has 1 unspecified atom stereocenters. The van der Waals surface area contributed by atoms with Crippen molar-refractivity contribution in [1.29, 1.82) is 5.26 Å². The van der Waals surface area contributed by atoms with Crippen LogP contribution in [-0.4, -0.2) is 27.9 Å². The summed E-state index contributed by atoms with van der Waals surface area (Å²) < 4.78 is 12.4. The summed E-state index contributed by atoms with van der Waals surface area (Å²) in [5.41, 5.74) is 2.26. The lowest BCUT2D eigenvalue weighted by Gasteiger charge is -2.22. The van der Waals surface area contributed by atoms with Gasteiger partial charge in [-0.2, -0.15) is 10.4 Å². The highest BCUT2D eigenvalue weighted by Gasteiger charge is 2.28. The zero-order chi connectivity index (χ0) is 22.5. The van der Waals surface area contributed by atoms with Crippen LogP contribution in [0.15, 0.2) is 41.2 Å². The first-order valence-corrected chi connectivity index (χ1v) is 10.8. The maximum Gasteiger partial charge on any atom is 0.407 e. The highest BCUT2D eigenvalue weighted by Crippen LogP contribution is 2.38. The minimum atomic E-state index is -0.492. The van der Waals surface area contributed by atoms with E-state index in [0.29, 0.717) is 42.1 Å². The molecule has 0 saturated heterocycles. The van der Waals surface area contributed by atoms with Gasteiger partial charge in [0.1, 0.15) is 22.9 Å². The molecule has 0 radical (unpaired) electrons. The molecular formula is C22H21N5O4S. The fourth-order valence-corrected chi connectivity index (χ4v) is 4.76. The lowest BCUT2D eigenvalue weighted by atomic mass is 9.94. The number of aromatic nitrogens is 2. The van der Waals surface area contributed by atoms with Crippen molar-refractivity contribution in [3.05, 3.63) is 64.2 Å². The summed E-state index contributed by atoms with van der Waals surface area (Å²) in [5.74, 6) is 0.214. The minimum absolute atomic E-state index is 0.290. The predicted octanol–water partition coefficient (Wildman–Crippen LogP) is 3.38. The number of nitriles is 1. The molecule has 3 aromatic rings. The summed E-state index contributed by atoms with van der Waals surface area (Å²) in [7, 11) is 1.80. The second-order valence-corrected chi connectivity index (χ2v) is 8.33. The highest BCUT2D eigenvalue weighted by molar-refractivity contribution is 7.16. The molecule has 164 valence electrons. The second kappa shape index (κ2) is 9.53. The van der Waals surface area contributed by atoms with Crippen LogP contribution in [0.25, 0.3) is 6.08 Å². The van der Waals surface area contributed by atoms with Gasteiger partial charge in [-0.25, -0.2) is 4.79 Å². The Kier molecular flexibility index (Phi) is 6.37. The van der Waals surface area contributed by atoms with Gasteiger partial charge in [-0.3, -0.25) is 9.48 Å². The summed E-state index contributed by atoms with van der Waals surface area (Å²) in [4.78, 5) is 25.4. The smallest absolute Gasteiger partial charge is 0.407 e. The minimum Gasteiger partial charge on any atom is -0.465 e. The molecule has 0 aromatic carbocycles. The zero-order valence-corrected chi connectivity index (χ0v) is 18.1. The van der Waals surface area contributed by atoms with Crippen molar-refractivity contribution in [1.82, 2.24) is 15.1 Å². The maximum absolute atomic E-state index is 12.3. The van der Waals surface area contributed by atoms with Gasteiger partial charge in [0.05, 0.1) is 24.1 Å². The topological polar surface area (TPSA) is 122 Å². The Hall–Kier alpha value is -3.84. The lowest BCUT2D eigenvalue weighted by molar-refractivity contribution is -0.111. The van der Waals surface area contributed by atoms with E-state index in [-0.39, 0.29) is 12.0 Å². The van der Waals surface area contributed by atoms with Gasteiger partial charge in [-0.15, -0.1) is 11.3 Å². The van der Waals surface area contributed by atoms with Crippen LogP contribution in [0.2, 0.25) is 0 Å². The monoisotopic (exact) mass is 451 g/mol. The van der Waals surface area contributed by atoms with Gasteiger partial charge in [0.25, 0.3) is 0 Å². The van der Waals surface area contributed by atoms with E-state index in [1.54, 1.807) is 36.1 Å². The fraction of sp³-hybridized carbons (Fsp3) is 0.273. The number of carbonyl (C=O) groups is 2. The van der Waals surface area contributed by atoms with Crippen LogP contribution in [0.3, 0.4) is 0 Å². The zero-order valence-electron chi connectivity index (χ0n) is 17.3. The summed E-state index contributed by atoms with van der Waals surface area (Å²) >= 11 is 1.35. The summed E-state index contributed by atoms with van der Waals surface area (Å²) in [6.07, 6.45) is 7.05. The number of aryl methyl sites for hydroxylation is 1. The van der Waals surface area contributed by atoms with Gasteiger partial charge in [-0.1, -0.05) is 0 Å². The molecular weight excluding hydrogens is 430 g/mol. The summed E-state index contributed by atoms with van der Waals surface area (Å²) in [6, 6.07) is 7.49. The Morgan fingerprint density at radius 3 is 3.06 bits per heavy atom. The van der Waals surface area contributed by atoms with Crippen LogP contribution in [0.4, 0.5) is 9.80 Å². The Labute approximate surface area is 188 Å². The van der Waals surface area contributed by atoms with Crippen molar-refractivity contribution in [3.8, 4) is 6.07 Å². The molecule has 0 fully saturated rings. The number of alkyl carbamates (subject to hydrolysis) is 1. The molecule has 1 aliphatic carbocycles. The number of carbonyl (C=O) groups excluding carboxylic acids is 2. The fourth-order valence-electron chi connectivity index (χ4n) is 3.49. The summed E-state index contributed by atoms with van der Waals surface area (Å²) in [5, 5.41) is 19.7. The molecule has 3 aromatic heterocycles. The van der Waals surface area contributed by atoms with Crippen LogP contribution in [-0.2, 0) is 36.0 Å². The van der Waals surface area contributed by atoms with Gasteiger partial charge in [0.15, 0.2) is 0 Å². The van der Waals surface area contributed by atoms with Crippen LogP contribution >= 0.6 is 11.3 Å². The molecule has 2 N–H and O–H groups in total. The Balaban J connectivity index is 1.36. The third kappa shape index (κ3) is 4.90. The van der Waals surface area contributed by atoms with Crippen LogP contribution in [0.5, 0.6) is 0 Å². The highest BCUT2D eigenvalue weighted by atomic mass is 32.1. The third-order valence-corrected chi connectivity index (χ3v) is 6.29. The molecule has 0 saturated carbocycles. The number of thiophene rings is 1. The number of hydrogen-bond acceptors (Lipinski definition) is 7. The van der Waals surface area contributed by atoms with Crippen LogP contribution in [0, 0.1) is 11.3 Å². The maximum atomic E-state index is 12.3. The average Bonchev–Trinajstić information content (AvgIpc) is 3.50. The van der Waals surface area contributed by atoms with Crippen molar-refractivity contribution in [2.24, 2.45) is 7.05 Å². The molecule has 4 rings (SSSR count). The van der Waals surface area contributed by atoms with Gasteiger partial charge in [-0.05, 0) is 42.7 Å². The Bertz CT molecular complexity index is 1190. The number of anilines is 1. The average molecular weight is 452 g/mol. The molecule has 0 spiro atoms. The standard InChI is InChI=1S/C22H21N5O4S/c1-27-14(8-9-25-27)13-24-22(29)31-16-4-6-17-18(12-23)21(32-19(17)11-16)26-20(28)7-5-15-3-2-10-30-15/h2-3,5,7-10,16H,4,6,11,13H2,1H3,(H,24,29)(H,26,28). The molecule has 1 aliphatic rings. The van der Waals surface area contributed by atoms with E-state index in [4.69, 9.17) is 9.15 Å². The molecule has 2 amide bonds. The van der Waals surface area contributed by atoms with E-state index in [2.05, 4.69) is 21.8 Å². The van der Waals surface area contributed by atoms with Crippen LogP contribution in [0.1, 0.15) is 33.9 Å². The predicted molar refractivity (Wildman–Crippen MR) is 118 cm³/mol. The molecule has 1 atom stereocenters. The Morgan fingerprint density at radius 2 is 2.34 bits per heavy atom. The third-order valence-electron chi connectivity index (χ3n) is 5.12. The summed E-state index contributed by atoms with van der Waals surface area (Å²) in [6.45, 7) is 0.326. The Morgan fingerprint density at radius 1 is 1.47 bits per heavy atom. The number of nitrogens with zero attached hydrogens (tertiary/aromatic N) is 3. The van der Waals surface area contributed by atoms with E-state index < -0.39 is 6.09 Å². The number of hydrogen-bond donors (Lipinski definition) is 2. The van der Waals surface area contributed by atoms with Crippen molar-refractivity contribution in [3.63, 3.8) is 0 Å². The number of fused-ring (bicyclic) bond motifs is 1. The molecule has 10 heteroatoms. The normalized spacial score (nSPS) is 15.2. The molecule has 0 aliphatic heterocycles. The van der Waals surface area contributed by atoms with E-state index in [9.17, 15) is 14.9 Å². The molecule has 32 heavy (non-hydrogen) atoms. The van der Waals surface area contributed by atoms with E-state index in [0.717, 1.165) is 16.1 Å². The van der Waals surface area contributed by atoms with Crippen molar-refractivity contribution >= 4 is 34.4 Å². The van der Waals surface area contributed by atoms with E-state index in [1.165, 1.54) is 23.7 Å². The lowest BCUT2D eigenvalue weighted by Crippen LogP contribution is -2.32. The van der Waals surface area contributed by atoms with Gasteiger partial charge < -0.3 is 19.8 Å². The van der Waals surface area contributed by atoms with Crippen molar-refractivity contribution in [2.75, 3.05) is 5.32 Å². The number of amides is 2. The van der Waals surface area contributed by atoms with Crippen molar-refractivity contribution in [2.45, 2.75) is 31.9 Å².